The van der Waals surface area contributed by atoms with Gasteiger partial charge in [0.2, 0.25) is 5.91 Å². The Morgan fingerprint density at radius 2 is 2.03 bits per heavy atom. The maximum atomic E-state index is 13.2. The average Bonchev–Trinajstić information content (AvgIpc) is 2.82. The van der Waals surface area contributed by atoms with Crippen LogP contribution < -0.4 is 19.7 Å². The number of methoxy groups -OCH3 is 1. The molecule has 1 N–H and O–H groups in total. The number of fused-ring (bicyclic) bond motifs is 1. The van der Waals surface area contributed by atoms with Crippen LogP contribution in [0.3, 0.4) is 0 Å². The van der Waals surface area contributed by atoms with E-state index in [9.17, 15) is 9.59 Å². The van der Waals surface area contributed by atoms with Crippen LogP contribution in [0.2, 0.25) is 0 Å². The molecule has 2 heterocycles. The number of piperidine rings is 1. The molecule has 158 valence electrons. The molecule has 7 nitrogen and oxygen atoms in total. The molecular weight excluding hydrogens is 382 g/mol. The number of urea groups is 1. The van der Waals surface area contributed by atoms with E-state index in [1.54, 1.807) is 16.9 Å². The lowest BCUT2D eigenvalue weighted by atomic mass is 9.97. The minimum Gasteiger partial charge on any atom is -0.497 e. The summed E-state index contributed by atoms with van der Waals surface area (Å²) in [6.07, 6.45) is 1.60. The summed E-state index contributed by atoms with van der Waals surface area (Å²) in [5.74, 6) is 1.27. The van der Waals surface area contributed by atoms with Crippen molar-refractivity contribution in [2.24, 2.45) is 5.92 Å². The first kappa shape index (κ1) is 20.1. The Bertz CT molecular complexity index is 917. The van der Waals surface area contributed by atoms with Crippen LogP contribution in [0.15, 0.2) is 48.5 Å². The molecule has 0 aromatic heterocycles. The molecule has 2 aromatic carbocycles. The molecule has 0 radical (unpaired) electrons. The van der Waals surface area contributed by atoms with Crippen LogP contribution in [0.5, 0.6) is 11.5 Å². The SMILES string of the molecule is COc1cccc(CNC(=O)[C@H]2CCCN(C(=O)N3CCOc4ccccc43)C2)c1. The van der Waals surface area contributed by atoms with Crippen LogP contribution >= 0.6 is 0 Å². The van der Waals surface area contributed by atoms with Gasteiger partial charge in [0.15, 0.2) is 0 Å². The summed E-state index contributed by atoms with van der Waals surface area (Å²) in [5.41, 5.74) is 1.77. The normalized spacial score (nSPS) is 18.2. The molecule has 1 saturated heterocycles. The molecule has 3 amide bonds. The summed E-state index contributed by atoms with van der Waals surface area (Å²) in [6.45, 7) is 2.53. The van der Waals surface area contributed by atoms with E-state index in [2.05, 4.69) is 5.32 Å². The predicted molar refractivity (Wildman–Crippen MR) is 114 cm³/mol. The van der Waals surface area contributed by atoms with Crippen LogP contribution in [0.1, 0.15) is 18.4 Å². The number of nitrogens with one attached hydrogen (secondary N) is 1. The highest BCUT2D eigenvalue weighted by Crippen LogP contribution is 2.32. The number of carbonyl (C=O) groups is 2. The number of rotatable bonds is 4. The van der Waals surface area contributed by atoms with E-state index in [0.29, 0.717) is 32.8 Å². The Hall–Kier alpha value is -3.22. The van der Waals surface area contributed by atoms with Crippen molar-refractivity contribution in [3.63, 3.8) is 0 Å². The van der Waals surface area contributed by atoms with Gasteiger partial charge in [0.05, 0.1) is 25.3 Å². The van der Waals surface area contributed by atoms with E-state index in [1.165, 1.54) is 0 Å². The first-order chi connectivity index (χ1) is 14.7. The number of amides is 3. The minimum atomic E-state index is -0.204. The Kier molecular flexibility index (Phi) is 6.07. The van der Waals surface area contributed by atoms with Gasteiger partial charge in [-0.15, -0.1) is 0 Å². The molecule has 4 rings (SSSR count). The number of para-hydroxylation sites is 2. The largest absolute Gasteiger partial charge is 0.497 e. The minimum absolute atomic E-state index is 0.0160. The third-order valence-corrected chi connectivity index (χ3v) is 5.62. The Morgan fingerprint density at radius 1 is 1.17 bits per heavy atom. The topological polar surface area (TPSA) is 71.1 Å². The number of ether oxygens (including phenoxy) is 2. The van der Waals surface area contributed by atoms with Gasteiger partial charge >= 0.3 is 6.03 Å². The van der Waals surface area contributed by atoms with Crippen molar-refractivity contribution in [3.05, 3.63) is 54.1 Å². The van der Waals surface area contributed by atoms with E-state index in [-0.39, 0.29) is 17.9 Å². The number of anilines is 1. The summed E-state index contributed by atoms with van der Waals surface area (Å²) in [5, 5.41) is 3.01. The van der Waals surface area contributed by atoms with E-state index < -0.39 is 0 Å². The molecule has 2 aromatic rings. The highest BCUT2D eigenvalue weighted by Gasteiger charge is 2.33. The van der Waals surface area contributed by atoms with Crippen molar-refractivity contribution in [1.82, 2.24) is 10.2 Å². The lowest BCUT2D eigenvalue weighted by molar-refractivity contribution is -0.126. The van der Waals surface area contributed by atoms with Crippen LogP contribution in [0.25, 0.3) is 0 Å². The zero-order chi connectivity index (χ0) is 20.9. The summed E-state index contributed by atoms with van der Waals surface area (Å²) in [7, 11) is 1.62. The summed E-state index contributed by atoms with van der Waals surface area (Å²) < 4.78 is 10.9. The second kappa shape index (κ2) is 9.07. The fourth-order valence-electron chi connectivity index (χ4n) is 4.02. The van der Waals surface area contributed by atoms with Gasteiger partial charge in [0.1, 0.15) is 18.1 Å². The molecule has 30 heavy (non-hydrogen) atoms. The summed E-state index contributed by atoms with van der Waals surface area (Å²) in [6, 6.07) is 15.2. The van der Waals surface area contributed by atoms with Crippen molar-refractivity contribution in [1.29, 1.82) is 0 Å². The number of hydrogen-bond donors (Lipinski definition) is 1. The molecule has 1 atom stereocenters. The molecular formula is C23H27N3O4. The van der Waals surface area contributed by atoms with Gasteiger partial charge in [-0.05, 0) is 42.7 Å². The highest BCUT2D eigenvalue weighted by molar-refractivity contribution is 5.94. The summed E-state index contributed by atoms with van der Waals surface area (Å²) >= 11 is 0. The predicted octanol–water partition coefficient (Wildman–Crippen LogP) is 3.04. The molecule has 0 bridgehead atoms. The van der Waals surface area contributed by atoms with Gasteiger partial charge in [-0.25, -0.2) is 4.79 Å². The van der Waals surface area contributed by atoms with Crippen LogP contribution in [0, 0.1) is 5.92 Å². The van der Waals surface area contributed by atoms with Crippen molar-refractivity contribution in [2.75, 3.05) is 38.3 Å². The second-order valence-corrected chi connectivity index (χ2v) is 7.60. The third-order valence-electron chi connectivity index (χ3n) is 5.62. The Labute approximate surface area is 176 Å². The Balaban J connectivity index is 1.37. The molecule has 2 aliphatic rings. The third kappa shape index (κ3) is 4.35. The molecule has 7 heteroatoms. The van der Waals surface area contributed by atoms with Gasteiger partial charge in [-0.3, -0.25) is 9.69 Å². The van der Waals surface area contributed by atoms with Crippen LogP contribution in [-0.4, -0.2) is 50.2 Å². The molecule has 0 aliphatic carbocycles. The number of likely N-dealkylation sites (tertiary alicyclic amines) is 1. The van der Waals surface area contributed by atoms with Crippen molar-refractivity contribution < 1.29 is 19.1 Å². The van der Waals surface area contributed by atoms with E-state index in [4.69, 9.17) is 9.47 Å². The lowest BCUT2D eigenvalue weighted by Crippen LogP contribution is -2.52. The number of benzene rings is 2. The standard InChI is InChI=1S/C23H27N3O4/c1-29-19-8-4-6-17(14-19)15-24-22(27)18-7-5-11-25(16-18)23(28)26-12-13-30-21-10-3-2-9-20(21)26/h2-4,6,8-10,14,18H,5,7,11-13,15-16H2,1H3,(H,24,27)/t18-/m0/s1. The summed E-state index contributed by atoms with van der Waals surface area (Å²) in [4.78, 5) is 29.5. The first-order valence-electron chi connectivity index (χ1n) is 10.3. The molecule has 0 saturated carbocycles. The quantitative estimate of drug-likeness (QED) is 0.843. The lowest BCUT2D eigenvalue weighted by Gasteiger charge is -2.37. The van der Waals surface area contributed by atoms with Gasteiger partial charge in [0.25, 0.3) is 0 Å². The van der Waals surface area contributed by atoms with Gasteiger partial charge in [-0.2, -0.15) is 0 Å². The fourth-order valence-corrected chi connectivity index (χ4v) is 4.02. The second-order valence-electron chi connectivity index (χ2n) is 7.60. The monoisotopic (exact) mass is 409 g/mol. The van der Waals surface area contributed by atoms with Crippen molar-refractivity contribution in [2.45, 2.75) is 19.4 Å². The highest BCUT2D eigenvalue weighted by atomic mass is 16.5. The molecule has 0 spiro atoms. The van der Waals surface area contributed by atoms with Crippen molar-refractivity contribution in [3.8, 4) is 11.5 Å². The number of hydrogen-bond acceptors (Lipinski definition) is 4. The average molecular weight is 409 g/mol. The van der Waals surface area contributed by atoms with Crippen LogP contribution in [-0.2, 0) is 11.3 Å². The van der Waals surface area contributed by atoms with E-state index >= 15 is 0 Å². The van der Waals surface area contributed by atoms with Gasteiger partial charge in [-0.1, -0.05) is 24.3 Å². The van der Waals surface area contributed by atoms with Gasteiger partial charge in [0, 0.05) is 19.6 Å². The zero-order valence-electron chi connectivity index (χ0n) is 17.2. The first-order valence-corrected chi connectivity index (χ1v) is 10.3. The fraction of sp³-hybridized carbons (Fsp3) is 0.391. The maximum absolute atomic E-state index is 13.2. The van der Waals surface area contributed by atoms with Crippen LogP contribution in [0.4, 0.5) is 10.5 Å². The maximum Gasteiger partial charge on any atom is 0.324 e. The Morgan fingerprint density at radius 3 is 2.90 bits per heavy atom. The van der Waals surface area contributed by atoms with Crippen molar-refractivity contribution >= 4 is 17.6 Å². The molecule has 1 fully saturated rings. The van der Waals surface area contributed by atoms with E-state index in [0.717, 1.165) is 35.6 Å². The zero-order valence-corrected chi connectivity index (χ0v) is 17.2. The van der Waals surface area contributed by atoms with Gasteiger partial charge < -0.3 is 19.7 Å². The number of carbonyl (C=O) groups excluding carboxylic acids is 2. The smallest absolute Gasteiger partial charge is 0.324 e. The number of nitrogens with zero attached hydrogens (tertiary/aromatic N) is 2. The molecule has 2 aliphatic heterocycles. The molecule has 0 unspecified atom stereocenters. The van der Waals surface area contributed by atoms with E-state index in [1.807, 2.05) is 48.5 Å².